The normalized spacial score (nSPS) is 13.7. The van der Waals surface area contributed by atoms with Crippen LogP contribution in [0, 0.1) is 10.5 Å². The molecule has 1 aliphatic heterocycles. The van der Waals surface area contributed by atoms with Crippen molar-refractivity contribution in [3.63, 3.8) is 0 Å². The molecule has 0 spiro atoms. The lowest BCUT2D eigenvalue weighted by Gasteiger charge is -2.05. The maximum atomic E-state index is 12.8. The summed E-state index contributed by atoms with van der Waals surface area (Å²) < 4.78 is 13.5. The van der Waals surface area contributed by atoms with Crippen LogP contribution in [-0.4, -0.2) is 9.97 Å². The Labute approximate surface area is 107 Å². The van der Waals surface area contributed by atoms with E-state index < -0.39 is 0 Å². The van der Waals surface area contributed by atoms with E-state index in [0.717, 1.165) is 34.2 Å². The van der Waals surface area contributed by atoms with Gasteiger partial charge in [-0.15, -0.1) is 0 Å². The molecule has 1 aromatic heterocycles. The van der Waals surface area contributed by atoms with Crippen LogP contribution < -0.4 is 0 Å². The lowest BCUT2D eigenvalue weighted by atomic mass is 10.2. The van der Waals surface area contributed by atoms with Crippen LogP contribution in [0.3, 0.4) is 0 Å². The van der Waals surface area contributed by atoms with Crippen LogP contribution >= 0.6 is 24.0 Å². The molecule has 0 bridgehead atoms. The highest BCUT2D eigenvalue weighted by Crippen LogP contribution is 2.30. The Bertz CT molecular complexity index is 619. The topological polar surface area (TPSA) is 28.7 Å². The van der Waals surface area contributed by atoms with Crippen molar-refractivity contribution in [2.75, 3.05) is 0 Å². The number of hydrogen-bond donors (Lipinski definition) is 1. The van der Waals surface area contributed by atoms with Gasteiger partial charge in [-0.3, -0.25) is 0 Å². The first kappa shape index (κ1) is 10.9. The van der Waals surface area contributed by atoms with Gasteiger partial charge < -0.3 is 4.98 Å². The summed E-state index contributed by atoms with van der Waals surface area (Å²) in [5, 5.41) is 0. The minimum Gasteiger partial charge on any atom is -0.342 e. The average molecular weight is 264 g/mol. The van der Waals surface area contributed by atoms with Crippen molar-refractivity contribution >= 4 is 24.0 Å². The van der Waals surface area contributed by atoms with E-state index in [4.69, 9.17) is 12.2 Å². The van der Waals surface area contributed by atoms with Crippen molar-refractivity contribution in [1.29, 1.82) is 0 Å². The average Bonchev–Trinajstić information content (AvgIpc) is 2.78. The standard InChI is InChI=1S/C12H9FN2S2/c13-8-3-1-7(2-4-8)11-14-10-6-17-5-9(10)12(16)15-11/h1-4H,5-6H2,(H,14,15,16). The zero-order chi connectivity index (χ0) is 11.8. The molecule has 0 saturated carbocycles. The van der Waals surface area contributed by atoms with E-state index in [-0.39, 0.29) is 5.82 Å². The molecular formula is C12H9FN2S2. The Morgan fingerprint density at radius 1 is 1.24 bits per heavy atom. The molecule has 0 unspecified atom stereocenters. The van der Waals surface area contributed by atoms with Gasteiger partial charge in [0.1, 0.15) is 16.3 Å². The van der Waals surface area contributed by atoms with Crippen LogP contribution in [0.4, 0.5) is 4.39 Å². The maximum absolute atomic E-state index is 12.8. The molecule has 2 nitrogen and oxygen atoms in total. The zero-order valence-electron chi connectivity index (χ0n) is 8.87. The summed E-state index contributed by atoms with van der Waals surface area (Å²) in [4.78, 5) is 7.65. The molecule has 0 amide bonds. The minimum absolute atomic E-state index is 0.246. The van der Waals surface area contributed by atoms with Crippen LogP contribution in [0.2, 0.25) is 0 Å². The number of H-pyrrole nitrogens is 1. The van der Waals surface area contributed by atoms with Crippen molar-refractivity contribution in [1.82, 2.24) is 9.97 Å². The molecule has 86 valence electrons. The third-order valence-electron chi connectivity index (χ3n) is 2.72. The van der Waals surface area contributed by atoms with Gasteiger partial charge in [-0.25, -0.2) is 9.37 Å². The van der Waals surface area contributed by atoms with Crippen molar-refractivity contribution in [2.45, 2.75) is 11.5 Å². The van der Waals surface area contributed by atoms with Gasteiger partial charge >= 0.3 is 0 Å². The number of aromatic nitrogens is 2. The van der Waals surface area contributed by atoms with E-state index in [2.05, 4.69) is 9.97 Å². The molecule has 5 heteroatoms. The van der Waals surface area contributed by atoms with E-state index in [1.54, 1.807) is 12.1 Å². The Morgan fingerprint density at radius 3 is 2.76 bits per heavy atom. The summed E-state index contributed by atoms with van der Waals surface area (Å²) in [6, 6.07) is 6.26. The fraction of sp³-hybridized carbons (Fsp3) is 0.167. The fourth-order valence-corrected chi connectivity index (χ4v) is 3.26. The summed E-state index contributed by atoms with van der Waals surface area (Å²) in [6.45, 7) is 0. The lowest BCUT2D eigenvalue weighted by Crippen LogP contribution is -1.97. The quantitative estimate of drug-likeness (QED) is 0.796. The number of rotatable bonds is 1. The number of hydrogen-bond acceptors (Lipinski definition) is 3. The molecule has 1 N–H and O–H groups in total. The molecule has 0 aliphatic carbocycles. The molecule has 0 atom stereocenters. The molecule has 2 heterocycles. The summed E-state index contributed by atoms with van der Waals surface area (Å²) >= 11 is 7.10. The summed E-state index contributed by atoms with van der Waals surface area (Å²) in [5.74, 6) is 2.34. The second-order valence-corrected chi connectivity index (χ2v) is 5.22. The van der Waals surface area contributed by atoms with E-state index >= 15 is 0 Å². The van der Waals surface area contributed by atoms with E-state index in [0.29, 0.717) is 4.64 Å². The molecule has 0 radical (unpaired) electrons. The van der Waals surface area contributed by atoms with Crippen LogP contribution in [-0.2, 0) is 11.5 Å². The van der Waals surface area contributed by atoms with Crippen molar-refractivity contribution in [2.24, 2.45) is 0 Å². The minimum atomic E-state index is -0.246. The third-order valence-corrected chi connectivity index (χ3v) is 4.04. The predicted molar refractivity (Wildman–Crippen MR) is 69.8 cm³/mol. The van der Waals surface area contributed by atoms with Crippen LogP contribution in [0.25, 0.3) is 11.4 Å². The first-order valence-electron chi connectivity index (χ1n) is 5.20. The van der Waals surface area contributed by atoms with Gasteiger partial charge in [-0.2, -0.15) is 11.8 Å². The van der Waals surface area contributed by atoms with E-state index in [1.165, 1.54) is 12.1 Å². The zero-order valence-corrected chi connectivity index (χ0v) is 10.5. The number of aromatic amines is 1. The number of benzene rings is 1. The van der Waals surface area contributed by atoms with Gasteiger partial charge in [0.25, 0.3) is 0 Å². The van der Waals surface area contributed by atoms with Crippen molar-refractivity contribution < 1.29 is 4.39 Å². The van der Waals surface area contributed by atoms with Crippen LogP contribution in [0.5, 0.6) is 0 Å². The largest absolute Gasteiger partial charge is 0.342 e. The molecule has 17 heavy (non-hydrogen) atoms. The SMILES string of the molecule is Fc1ccc(-c2nc(=S)c3c([nH]2)CSC3)cc1. The van der Waals surface area contributed by atoms with Gasteiger partial charge in [-0.1, -0.05) is 12.2 Å². The van der Waals surface area contributed by atoms with Crippen LogP contribution in [0.1, 0.15) is 11.3 Å². The van der Waals surface area contributed by atoms with Gasteiger partial charge in [0, 0.05) is 28.3 Å². The Balaban J connectivity index is 2.13. The number of nitrogens with zero attached hydrogens (tertiary/aromatic N) is 1. The van der Waals surface area contributed by atoms with E-state index in [1.807, 2.05) is 11.8 Å². The highest BCUT2D eigenvalue weighted by Gasteiger charge is 2.15. The third kappa shape index (κ3) is 2.00. The molecule has 2 aromatic rings. The molecular weight excluding hydrogens is 255 g/mol. The van der Waals surface area contributed by atoms with Gasteiger partial charge in [0.05, 0.1) is 0 Å². The van der Waals surface area contributed by atoms with Gasteiger partial charge in [0.15, 0.2) is 0 Å². The lowest BCUT2D eigenvalue weighted by molar-refractivity contribution is 0.628. The smallest absolute Gasteiger partial charge is 0.139 e. The number of nitrogens with one attached hydrogen (secondary N) is 1. The predicted octanol–water partition coefficient (Wildman–Crippen LogP) is 3.69. The monoisotopic (exact) mass is 264 g/mol. The summed E-state index contributed by atoms with van der Waals surface area (Å²) in [5.41, 5.74) is 3.14. The molecule has 0 saturated heterocycles. The molecule has 0 fully saturated rings. The molecule has 1 aliphatic rings. The van der Waals surface area contributed by atoms with Gasteiger partial charge in [-0.05, 0) is 24.3 Å². The second-order valence-electron chi connectivity index (χ2n) is 3.85. The molecule has 3 rings (SSSR count). The fourth-order valence-electron chi connectivity index (χ4n) is 1.82. The Kier molecular flexibility index (Phi) is 2.72. The first-order chi connectivity index (χ1) is 8.24. The highest BCUT2D eigenvalue weighted by atomic mass is 32.2. The number of fused-ring (bicyclic) bond motifs is 1. The van der Waals surface area contributed by atoms with Gasteiger partial charge in [0.2, 0.25) is 0 Å². The van der Waals surface area contributed by atoms with Crippen LogP contribution in [0.15, 0.2) is 24.3 Å². The molecule has 1 aromatic carbocycles. The Morgan fingerprint density at radius 2 is 2.00 bits per heavy atom. The highest BCUT2D eigenvalue weighted by molar-refractivity contribution is 7.98. The van der Waals surface area contributed by atoms with Crippen molar-refractivity contribution in [3.8, 4) is 11.4 Å². The number of halogens is 1. The second kappa shape index (κ2) is 4.23. The summed E-state index contributed by atoms with van der Waals surface area (Å²) in [6.07, 6.45) is 0. The number of thioether (sulfide) groups is 1. The van der Waals surface area contributed by atoms with E-state index in [9.17, 15) is 4.39 Å². The Hall–Kier alpha value is -1.20. The summed E-state index contributed by atoms with van der Waals surface area (Å²) in [7, 11) is 0. The maximum Gasteiger partial charge on any atom is 0.139 e. The van der Waals surface area contributed by atoms with Crippen molar-refractivity contribution in [3.05, 3.63) is 46.0 Å². The first-order valence-corrected chi connectivity index (χ1v) is 6.76.